The quantitative estimate of drug-likeness (QED) is 0.598. The second kappa shape index (κ2) is 3.94. The third-order valence-corrected chi connectivity index (χ3v) is 4.48. The monoisotopic (exact) mass is 252 g/mol. The number of hydrogen-bond acceptors (Lipinski definition) is 4. The van der Waals surface area contributed by atoms with Crippen LogP contribution in [-0.2, 0) is 9.31 Å². The van der Waals surface area contributed by atoms with Gasteiger partial charge in [0.05, 0.1) is 11.2 Å². The topological polar surface area (TPSA) is 35.5 Å². The summed E-state index contributed by atoms with van der Waals surface area (Å²) in [5, 5.41) is 1.90. The Labute approximate surface area is 106 Å². The van der Waals surface area contributed by atoms with Crippen LogP contribution in [0.4, 0.5) is 0 Å². The van der Waals surface area contributed by atoms with Gasteiger partial charge in [0.1, 0.15) is 0 Å². The van der Waals surface area contributed by atoms with E-state index in [1.165, 1.54) is 11.3 Å². The van der Waals surface area contributed by atoms with Gasteiger partial charge in [-0.2, -0.15) is 11.3 Å². The van der Waals surface area contributed by atoms with Gasteiger partial charge >= 0.3 is 7.12 Å². The number of carbonyl (C=O) groups is 1. The van der Waals surface area contributed by atoms with Crippen LogP contribution in [0.3, 0.4) is 0 Å². The molecule has 1 aliphatic rings. The highest BCUT2D eigenvalue weighted by atomic mass is 32.1. The molecular weight excluding hydrogens is 235 g/mol. The predicted octanol–water partition coefficient (Wildman–Crippen LogP) is 2.25. The van der Waals surface area contributed by atoms with Crippen LogP contribution in [0, 0.1) is 0 Å². The molecule has 0 unspecified atom stereocenters. The second-order valence-electron chi connectivity index (χ2n) is 5.34. The number of Topliss-reactive ketones (excluding diaryl/α,β-unsaturated/α-hetero) is 1. The van der Waals surface area contributed by atoms with Crippen molar-refractivity contribution >= 4 is 29.0 Å². The Morgan fingerprint density at radius 1 is 1.24 bits per heavy atom. The molecule has 0 aliphatic carbocycles. The zero-order valence-electron chi connectivity index (χ0n) is 10.9. The number of hydrogen-bond donors (Lipinski definition) is 0. The average molecular weight is 252 g/mol. The highest BCUT2D eigenvalue weighted by Gasteiger charge is 2.52. The van der Waals surface area contributed by atoms with Crippen molar-refractivity contribution in [2.75, 3.05) is 0 Å². The van der Waals surface area contributed by atoms with Gasteiger partial charge in [0.2, 0.25) is 0 Å². The van der Waals surface area contributed by atoms with Crippen molar-refractivity contribution in [2.45, 2.75) is 45.8 Å². The van der Waals surface area contributed by atoms with Gasteiger partial charge in [-0.15, -0.1) is 0 Å². The molecule has 0 aromatic carbocycles. The highest BCUT2D eigenvalue weighted by molar-refractivity contribution is 7.21. The molecule has 92 valence electrons. The lowest BCUT2D eigenvalue weighted by Crippen LogP contribution is -2.41. The number of rotatable bonds is 2. The molecule has 1 aliphatic heterocycles. The largest absolute Gasteiger partial charge is 0.506 e. The first kappa shape index (κ1) is 12.8. The summed E-state index contributed by atoms with van der Waals surface area (Å²) in [6.07, 6.45) is 0. The summed E-state index contributed by atoms with van der Waals surface area (Å²) < 4.78 is 12.7. The predicted molar refractivity (Wildman–Crippen MR) is 70.0 cm³/mol. The van der Waals surface area contributed by atoms with Crippen molar-refractivity contribution in [1.82, 2.24) is 0 Å². The minimum atomic E-state index is -0.432. The van der Waals surface area contributed by atoms with E-state index in [0.29, 0.717) is 5.56 Å². The van der Waals surface area contributed by atoms with Crippen molar-refractivity contribution in [3.63, 3.8) is 0 Å². The van der Waals surface area contributed by atoms with Gasteiger partial charge in [0, 0.05) is 10.3 Å². The molecule has 0 saturated carbocycles. The summed E-state index contributed by atoms with van der Waals surface area (Å²) in [5.41, 5.74) is -0.0284. The van der Waals surface area contributed by atoms with E-state index < -0.39 is 7.12 Å². The molecule has 0 amide bonds. The average Bonchev–Trinajstić information content (AvgIpc) is 2.69. The standard InChI is InChI=1S/C12H17BO3S/c1-8(14)9-6-7-17-10(9)13-15-11(2,3)12(4,5)16-13/h6-7H,1-5H3. The Morgan fingerprint density at radius 2 is 1.76 bits per heavy atom. The minimum Gasteiger partial charge on any atom is -0.399 e. The summed E-state index contributed by atoms with van der Waals surface area (Å²) in [7, 11) is -0.432. The van der Waals surface area contributed by atoms with Crippen LogP contribution in [0.1, 0.15) is 45.0 Å². The molecule has 17 heavy (non-hydrogen) atoms. The van der Waals surface area contributed by atoms with Crippen LogP contribution in [0.5, 0.6) is 0 Å². The van der Waals surface area contributed by atoms with Gasteiger partial charge in [-0.3, -0.25) is 4.79 Å². The Kier molecular flexibility index (Phi) is 2.96. The van der Waals surface area contributed by atoms with Gasteiger partial charge in [-0.1, -0.05) is 0 Å². The lowest BCUT2D eigenvalue weighted by molar-refractivity contribution is 0.00578. The van der Waals surface area contributed by atoms with Crippen molar-refractivity contribution in [1.29, 1.82) is 0 Å². The first-order valence-corrected chi connectivity index (χ1v) is 6.56. The van der Waals surface area contributed by atoms with Crippen LogP contribution in [-0.4, -0.2) is 24.1 Å². The van der Waals surface area contributed by atoms with Crippen LogP contribution >= 0.6 is 11.3 Å². The van der Waals surface area contributed by atoms with Crippen LogP contribution in [0.25, 0.3) is 0 Å². The first-order valence-electron chi connectivity index (χ1n) is 5.68. The first-order chi connectivity index (χ1) is 7.74. The van der Waals surface area contributed by atoms with Crippen LogP contribution in [0.2, 0.25) is 0 Å². The summed E-state index contributed by atoms with van der Waals surface area (Å²) >= 11 is 1.51. The zero-order valence-corrected chi connectivity index (χ0v) is 11.7. The van der Waals surface area contributed by atoms with E-state index in [1.807, 2.05) is 39.1 Å². The fourth-order valence-corrected chi connectivity index (χ4v) is 2.64. The second-order valence-corrected chi connectivity index (χ2v) is 6.29. The van der Waals surface area contributed by atoms with E-state index in [2.05, 4.69) is 0 Å². The number of carbonyl (C=O) groups excluding carboxylic acids is 1. The van der Waals surface area contributed by atoms with Gasteiger partial charge in [0.25, 0.3) is 0 Å². The van der Waals surface area contributed by atoms with Gasteiger partial charge in [-0.05, 0) is 46.1 Å². The smallest absolute Gasteiger partial charge is 0.399 e. The third-order valence-electron chi connectivity index (χ3n) is 3.54. The molecule has 0 radical (unpaired) electrons. The van der Waals surface area contributed by atoms with Crippen molar-refractivity contribution in [2.24, 2.45) is 0 Å². The minimum absolute atomic E-state index is 0.0518. The number of thiophene rings is 1. The van der Waals surface area contributed by atoms with E-state index >= 15 is 0 Å². The molecule has 0 spiro atoms. The van der Waals surface area contributed by atoms with E-state index in [9.17, 15) is 4.79 Å². The SMILES string of the molecule is CC(=O)c1ccsc1B1OC(C)(C)C(C)(C)O1. The molecule has 0 N–H and O–H groups in total. The molecule has 3 nitrogen and oxygen atoms in total. The summed E-state index contributed by atoms with van der Waals surface area (Å²) in [6, 6.07) is 1.83. The maximum absolute atomic E-state index is 11.5. The van der Waals surface area contributed by atoms with Crippen LogP contribution in [0.15, 0.2) is 11.4 Å². The Morgan fingerprint density at radius 3 is 2.24 bits per heavy atom. The molecule has 1 saturated heterocycles. The molecule has 1 aromatic heterocycles. The van der Waals surface area contributed by atoms with Gasteiger partial charge in [0.15, 0.2) is 5.78 Å². The molecule has 0 atom stereocenters. The van der Waals surface area contributed by atoms with Crippen molar-refractivity contribution in [3.8, 4) is 0 Å². The van der Waals surface area contributed by atoms with E-state index in [1.54, 1.807) is 6.92 Å². The highest BCUT2D eigenvalue weighted by Crippen LogP contribution is 2.37. The maximum atomic E-state index is 11.5. The fourth-order valence-electron chi connectivity index (χ4n) is 1.74. The van der Waals surface area contributed by atoms with Gasteiger partial charge in [-0.25, -0.2) is 0 Å². The Balaban J connectivity index is 2.32. The zero-order chi connectivity index (χ0) is 12.8. The molecule has 2 heterocycles. The molecular formula is C12H17BO3S. The lowest BCUT2D eigenvalue weighted by atomic mass is 9.84. The normalized spacial score (nSPS) is 21.8. The molecule has 1 aromatic rings. The molecule has 0 bridgehead atoms. The van der Waals surface area contributed by atoms with Crippen molar-refractivity contribution in [3.05, 3.63) is 17.0 Å². The Bertz CT molecular complexity index is 434. The van der Waals surface area contributed by atoms with Crippen molar-refractivity contribution < 1.29 is 14.1 Å². The molecule has 1 fully saturated rings. The van der Waals surface area contributed by atoms with Crippen LogP contribution < -0.4 is 4.78 Å². The van der Waals surface area contributed by atoms with E-state index in [0.717, 1.165) is 4.78 Å². The summed E-state index contributed by atoms with van der Waals surface area (Å²) in [4.78, 5) is 11.5. The molecule has 5 heteroatoms. The van der Waals surface area contributed by atoms with Gasteiger partial charge < -0.3 is 9.31 Å². The maximum Gasteiger partial charge on any atom is 0.506 e. The third kappa shape index (κ3) is 2.07. The fraction of sp³-hybridized carbons (Fsp3) is 0.583. The van der Waals surface area contributed by atoms with E-state index in [-0.39, 0.29) is 17.0 Å². The van der Waals surface area contributed by atoms with E-state index in [4.69, 9.17) is 9.31 Å². The lowest BCUT2D eigenvalue weighted by Gasteiger charge is -2.32. The summed E-state index contributed by atoms with van der Waals surface area (Å²) in [5.74, 6) is 0.0518. The summed E-state index contributed by atoms with van der Waals surface area (Å²) in [6.45, 7) is 9.60. The molecule has 2 rings (SSSR count). The number of ketones is 1. The Hall–Kier alpha value is -0.645.